The molecule has 3 rings (SSSR count). The second-order valence-electron chi connectivity index (χ2n) is 7.12. The van der Waals surface area contributed by atoms with E-state index in [4.69, 9.17) is 9.47 Å². The predicted molar refractivity (Wildman–Crippen MR) is 102 cm³/mol. The summed E-state index contributed by atoms with van der Waals surface area (Å²) in [6, 6.07) is 9.67. The molecule has 1 saturated heterocycles. The minimum absolute atomic E-state index is 0.119. The van der Waals surface area contributed by atoms with Crippen LogP contribution in [-0.4, -0.2) is 62.5 Å². The molecule has 1 aromatic carbocycles. The van der Waals surface area contributed by atoms with Crippen LogP contribution < -0.4 is 10.6 Å². The number of carbonyl (C=O) groups is 1. The highest BCUT2D eigenvalue weighted by Crippen LogP contribution is 2.21. The average molecular weight is 361 g/mol. The third-order valence-electron chi connectivity index (χ3n) is 5.12. The number of hydrogen-bond donors (Lipinski definition) is 2. The summed E-state index contributed by atoms with van der Waals surface area (Å²) < 4.78 is 11.4. The van der Waals surface area contributed by atoms with Gasteiger partial charge in [-0.05, 0) is 44.2 Å². The zero-order valence-corrected chi connectivity index (χ0v) is 15.5. The SMILES string of the molecule is O=C(Nc1ccccc1)NC1CCC(OCCCN2CCOCC2)CC1. The van der Waals surface area contributed by atoms with Crippen LogP contribution >= 0.6 is 0 Å². The zero-order chi connectivity index (χ0) is 18.0. The van der Waals surface area contributed by atoms with Crippen LogP contribution in [0.2, 0.25) is 0 Å². The number of hydrogen-bond acceptors (Lipinski definition) is 4. The molecular formula is C20H31N3O3. The Balaban J connectivity index is 1.25. The fourth-order valence-electron chi connectivity index (χ4n) is 3.61. The van der Waals surface area contributed by atoms with E-state index >= 15 is 0 Å². The maximum atomic E-state index is 12.1. The number of morpholine rings is 1. The Labute approximate surface area is 156 Å². The number of urea groups is 1. The summed E-state index contributed by atoms with van der Waals surface area (Å²) in [4.78, 5) is 14.5. The van der Waals surface area contributed by atoms with Crippen LogP contribution in [0.3, 0.4) is 0 Å². The number of amides is 2. The van der Waals surface area contributed by atoms with Crippen LogP contribution in [0.1, 0.15) is 32.1 Å². The Morgan fingerprint density at radius 2 is 1.85 bits per heavy atom. The number of para-hydroxylation sites is 1. The van der Waals surface area contributed by atoms with E-state index in [-0.39, 0.29) is 12.1 Å². The van der Waals surface area contributed by atoms with Crippen LogP contribution in [0.25, 0.3) is 0 Å². The topological polar surface area (TPSA) is 62.8 Å². The average Bonchev–Trinajstić information content (AvgIpc) is 2.68. The number of benzene rings is 1. The Bertz CT molecular complexity index is 526. The number of anilines is 1. The van der Waals surface area contributed by atoms with Crippen molar-refractivity contribution in [3.05, 3.63) is 30.3 Å². The summed E-state index contributed by atoms with van der Waals surface area (Å²) >= 11 is 0. The molecule has 26 heavy (non-hydrogen) atoms. The molecule has 144 valence electrons. The number of carbonyl (C=O) groups excluding carboxylic acids is 1. The van der Waals surface area contributed by atoms with E-state index in [0.29, 0.717) is 6.10 Å². The Hall–Kier alpha value is -1.63. The molecule has 0 aromatic heterocycles. The molecule has 0 bridgehead atoms. The molecule has 2 aliphatic rings. The van der Waals surface area contributed by atoms with Crippen molar-refractivity contribution in [2.45, 2.75) is 44.2 Å². The standard InChI is InChI=1S/C20H31N3O3/c24-20(21-17-5-2-1-3-6-17)22-18-7-9-19(10-8-18)26-14-4-11-23-12-15-25-16-13-23/h1-3,5-6,18-19H,4,7-16H2,(H2,21,22,24). The lowest BCUT2D eigenvalue weighted by Gasteiger charge is -2.30. The zero-order valence-electron chi connectivity index (χ0n) is 15.5. The van der Waals surface area contributed by atoms with Gasteiger partial charge in [-0.25, -0.2) is 4.79 Å². The van der Waals surface area contributed by atoms with Crippen molar-refractivity contribution in [1.82, 2.24) is 10.2 Å². The van der Waals surface area contributed by atoms with E-state index in [1.54, 1.807) is 0 Å². The van der Waals surface area contributed by atoms with Crippen molar-refractivity contribution < 1.29 is 14.3 Å². The van der Waals surface area contributed by atoms with E-state index in [1.807, 2.05) is 30.3 Å². The van der Waals surface area contributed by atoms with Crippen LogP contribution in [-0.2, 0) is 9.47 Å². The van der Waals surface area contributed by atoms with Gasteiger partial charge in [0.25, 0.3) is 0 Å². The molecule has 0 unspecified atom stereocenters. The summed E-state index contributed by atoms with van der Waals surface area (Å²) in [5, 5.41) is 5.95. The summed E-state index contributed by atoms with van der Waals surface area (Å²) in [5.74, 6) is 0. The fourth-order valence-corrected chi connectivity index (χ4v) is 3.61. The molecule has 2 fully saturated rings. The van der Waals surface area contributed by atoms with Crippen molar-refractivity contribution in [1.29, 1.82) is 0 Å². The first-order chi connectivity index (χ1) is 12.8. The van der Waals surface area contributed by atoms with Gasteiger partial charge >= 0.3 is 6.03 Å². The van der Waals surface area contributed by atoms with E-state index in [2.05, 4.69) is 15.5 Å². The fraction of sp³-hybridized carbons (Fsp3) is 0.650. The van der Waals surface area contributed by atoms with Gasteiger partial charge in [-0.3, -0.25) is 4.90 Å². The van der Waals surface area contributed by atoms with E-state index < -0.39 is 0 Å². The maximum absolute atomic E-state index is 12.1. The van der Waals surface area contributed by atoms with Gasteiger partial charge in [0.1, 0.15) is 0 Å². The minimum atomic E-state index is -0.119. The van der Waals surface area contributed by atoms with Gasteiger partial charge in [0.05, 0.1) is 19.3 Å². The molecule has 6 heteroatoms. The quantitative estimate of drug-likeness (QED) is 0.733. The third-order valence-corrected chi connectivity index (χ3v) is 5.12. The van der Waals surface area contributed by atoms with Crippen molar-refractivity contribution in [3.63, 3.8) is 0 Å². The van der Waals surface area contributed by atoms with Crippen molar-refractivity contribution in [2.24, 2.45) is 0 Å². The largest absolute Gasteiger partial charge is 0.379 e. The molecule has 1 aliphatic carbocycles. The second-order valence-corrected chi connectivity index (χ2v) is 7.12. The van der Waals surface area contributed by atoms with Gasteiger partial charge < -0.3 is 20.1 Å². The molecule has 1 aliphatic heterocycles. The molecular weight excluding hydrogens is 330 g/mol. The summed E-state index contributed by atoms with van der Waals surface area (Å²) in [7, 11) is 0. The number of nitrogens with zero attached hydrogens (tertiary/aromatic N) is 1. The first kappa shape index (κ1) is 19.1. The first-order valence-electron chi connectivity index (χ1n) is 9.84. The summed E-state index contributed by atoms with van der Waals surface area (Å²) in [6.07, 6.45) is 5.43. The molecule has 2 amide bonds. The van der Waals surface area contributed by atoms with Gasteiger partial charge in [-0.2, -0.15) is 0 Å². The van der Waals surface area contributed by atoms with Gasteiger partial charge in [0.15, 0.2) is 0 Å². The van der Waals surface area contributed by atoms with Gasteiger partial charge in [-0.15, -0.1) is 0 Å². The monoisotopic (exact) mass is 361 g/mol. The Morgan fingerprint density at radius 3 is 2.58 bits per heavy atom. The highest BCUT2D eigenvalue weighted by Gasteiger charge is 2.23. The van der Waals surface area contributed by atoms with Gasteiger partial charge in [0, 0.05) is 38.0 Å². The number of ether oxygens (including phenoxy) is 2. The first-order valence-corrected chi connectivity index (χ1v) is 9.84. The van der Waals surface area contributed by atoms with Gasteiger partial charge in [-0.1, -0.05) is 18.2 Å². The molecule has 2 N–H and O–H groups in total. The summed E-state index contributed by atoms with van der Waals surface area (Å²) in [6.45, 7) is 5.73. The van der Waals surface area contributed by atoms with Crippen molar-refractivity contribution in [3.8, 4) is 0 Å². The smallest absolute Gasteiger partial charge is 0.319 e. The summed E-state index contributed by atoms with van der Waals surface area (Å²) in [5.41, 5.74) is 0.822. The van der Waals surface area contributed by atoms with E-state index in [9.17, 15) is 4.79 Å². The molecule has 0 spiro atoms. The van der Waals surface area contributed by atoms with Crippen LogP contribution in [0.4, 0.5) is 10.5 Å². The molecule has 1 aromatic rings. The Kier molecular flexibility index (Phi) is 7.73. The van der Waals surface area contributed by atoms with Gasteiger partial charge in [0.2, 0.25) is 0 Å². The number of nitrogens with one attached hydrogen (secondary N) is 2. The molecule has 1 saturated carbocycles. The van der Waals surface area contributed by atoms with E-state index in [1.165, 1.54) is 0 Å². The van der Waals surface area contributed by atoms with Crippen molar-refractivity contribution >= 4 is 11.7 Å². The Morgan fingerprint density at radius 1 is 1.12 bits per heavy atom. The highest BCUT2D eigenvalue weighted by atomic mass is 16.5. The van der Waals surface area contributed by atoms with Crippen LogP contribution in [0.5, 0.6) is 0 Å². The predicted octanol–water partition coefficient (Wildman–Crippen LogP) is 2.86. The minimum Gasteiger partial charge on any atom is -0.379 e. The second kappa shape index (κ2) is 10.5. The van der Waals surface area contributed by atoms with Crippen LogP contribution in [0, 0.1) is 0 Å². The highest BCUT2D eigenvalue weighted by molar-refractivity contribution is 5.89. The van der Waals surface area contributed by atoms with E-state index in [0.717, 1.165) is 77.2 Å². The lowest BCUT2D eigenvalue weighted by molar-refractivity contribution is 0.00728. The lowest BCUT2D eigenvalue weighted by Crippen LogP contribution is -2.41. The molecule has 6 nitrogen and oxygen atoms in total. The molecule has 0 radical (unpaired) electrons. The van der Waals surface area contributed by atoms with Crippen molar-refractivity contribution in [2.75, 3.05) is 44.8 Å². The lowest BCUT2D eigenvalue weighted by atomic mass is 9.93. The molecule has 1 heterocycles. The molecule has 0 atom stereocenters. The normalized spacial score (nSPS) is 24.2. The third kappa shape index (κ3) is 6.59. The number of rotatable bonds is 7. The van der Waals surface area contributed by atoms with Crippen LogP contribution in [0.15, 0.2) is 30.3 Å². The maximum Gasteiger partial charge on any atom is 0.319 e.